The lowest BCUT2D eigenvalue weighted by Crippen LogP contribution is -2.31. The summed E-state index contributed by atoms with van der Waals surface area (Å²) in [5.41, 5.74) is 0.458. The summed E-state index contributed by atoms with van der Waals surface area (Å²) in [6.45, 7) is 11.2. The molecule has 0 aliphatic rings. The summed E-state index contributed by atoms with van der Waals surface area (Å²) < 4.78 is 4.75. The average Bonchev–Trinajstić information content (AvgIpc) is 2.24. The molecule has 0 aromatic rings. The van der Waals surface area contributed by atoms with Gasteiger partial charge in [0.05, 0.1) is 0 Å². The quantitative estimate of drug-likeness (QED) is 0.471. The summed E-state index contributed by atoms with van der Waals surface area (Å²) >= 11 is 0. The zero-order valence-corrected chi connectivity index (χ0v) is 11.8. The van der Waals surface area contributed by atoms with E-state index in [1.54, 1.807) is 0 Å². The van der Waals surface area contributed by atoms with Crippen molar-refractivity contribution in [3.8, 4) is 0 Å². The Bertz CT molecular complexity index is 187. The van der Waals surface area contributed by atoms with Crippen LogP contribution < -0.4 is 5.32 Å². The largest absolute Gasteiger partial charge is 0.438 e. The zero-order valence-electron chi connectivity index (χ0n) is 11.8. The number of unbranched alkanes of at least 4 members (excludes halogenated alkanes) is 3. The van der Waals surface area contributed by atoms with Gasteiger partial charge in [0, 0.05) is 0 Å². The standard InChI is InChI=1S/C14H28NO2/c1-5-13(17-12-16)15-11-9-7-6-8-10-14(2,3)4/h13,15H,5-11H2,1-4H3. The fourth-order valence-corrected chi connectivity index (χ4v) is 1.72. The fraction of sp³-hybridized carbons (Fsp3) is 0.929. The van der Waals surface area contributed by atoms with Crippen molar-refractivity contribution in [3.05, 3.63) is 0 Å². The number of rotatable bonds is 10. The van der Waals surface area contributed by atoms with Crippen LogP contribution in [0.15, 0.2) is 0 Å². The first-order valence-corrected chi connectivity index (χ1v) is 6.76. The van der Waals surface area contributed by atoms with Gasteiger partial charge in [0.15, 0.2) is 6.23 Å². The maximum atomic E-state index is 10.1. The second kappa shape index (κ2) is 9.46. The van der Waals surface area contributed by atoms with E-state index in [1.807, 2.05) is 6.92 Å². The smallest absolute Gasteiger partial charge is 0.419 e. The Morgan fingerprint density at radius 3 is 2.35 bits per heavy atom. The second-order valence-corrected chi connectivity index (χ2v) is 5.78. The molecule has 3 nitrogen and oxygen atoms in total. The van der Waals surface area contributed by atoms with Crippen molar-refractivity contribution < 1.29 is 9.53 Å². The molecule has 101 valence electrons. The van der Waals surface area contributed by atoms with Gasteiger partial charge in [-0.1, -0.05) is 47.0 Å². The minimum absolute atomic E-state index is 0.165. The maximum absolute atomic E-state index is 10.1. The Hall–Kier alpha value is -0.570. The van der Waals surface area contributed by atoms with Crippen molar-refractivity contribution in [3.63, 3.8) is 0 Å². The number of nitrogens with one attached hydrogen (secondary N) is 1. The number of ether oxygens (including phenoxy) is 1. The summed E-state index contributed by atoms with van der Waals surface area (Å²) in [6, 6.07) is 0. The van der Waals surface area contributed by atoms with E-state index in [0.29, 0.717) is 5.41 Å². The van der Waals surface area contributed by atoms with E-state index >= 15 is 0 Å². The highest BCUT2D eigenvalue weighted by Gasteiger charge is 2.08. The number of carbonyl (C=O) groups excluding carboxylic acids is 1. The Labute approximate surface area is 106 Å². The van der Waals surface area contributed by atoms with E-state index in [-0.39, 0.29) is 6.23 Å². The predicted molar refractivity (Wildman–Crippen MR) is 71.4 cm³/mol. The Morgan fingerprint density at radius 2 is 1.82 bits per heavy atom. The van der Waals surface area contributed by atoms with Crippen molar-refractivity contribution >= 4 is 6.47 Å². The molecule has 0 aromatic heterocycles. The van der Waals surface area contributed by atoms with Crippen LogP contribution >= 0.6 is 0 Å². The third kappa shape index (κ3) is 11.7. The van der Waals surface area contributed by atoms with Gasteiger partial charge in [0.25, 0.3) is 0 Å². The molecule has 17 heavy (non-hydrogen) atoms. The average molecular weight is 242 g/mol. The van der Waals surface area contributed by atoms with Crippen LogP contribution in [0.5, 0.6) is 0 Å². The molecule has 0 spiro atoms. The van der Waals surface area contributed by atoms with Gasteiger partial charge >= 0.3 is 6.47 Å². The monoisotopic (exact) mass is 242 g/mol. The van der Waals surface area contributed by atoms with Crippen molar-refractivity contribution in [2.45, 2.75) is 72.4 Å². The third-order valence-corrected chi connectivity index (χ3v) is 2.79. The Morgan fingerprint density at radius 1 is 1.18 bits per heavy atom. The highest BCUT2D eigenvalue weighted by Crippen LogP contribution is 2.22. The number of hydrogen-bond donors (Lipinski definition) is 1. The van der Waals surface area contributed by atoms with Gasteiger partial charge in [0.1, 0.15) is 0 Å². The van der Waals surface area contributed by atoms with E-state index in [0.717, 1.165) is 19.4 Å². The lowest BCUT2D eigenvalue weighted by Gasteiger charge is -2.17. The van der Waals surface area contributed by atoms with Crippen molar-refractivity contribution in [1.29, 1.82) is 0 Å². The summed E-state index contributed by atoms with van der Waals surface area (Å²) in [6.07, 6.45) is 6.89. The molecule has 1 N–H and O–H groups in total. The van der Waals surface area contributed by atoms with Crippen LogP contribution in [-0.2, 0) is 9.53 Å². The highest BCUT2D eigenvalue weighted by atomic mass is 16.5. The van der Waals surface area contributed by atoms with Gasteiger partial charge in [0.2, 0.25) is 0 Å². The van der Waals surface area contributed by atoms with Gasteiger partial charge in [-0.3, -0.25) is 5.32 Å². The molecule has 0 aliphatic heterocycles. The fourth-order valence-electron chi connectivity index (χ4n) is 1.72. The maximum Gasteiger partial charge on any atom is 0.419 e. The van der Waals surface area contributed by atoms with Crippen LogP contribution in [0, 0.1) is 5.41 Å². The van der Waals surface area contributed by atoms with Crippen LogP contribution in [0.3, 0.4) is 0 Å². The lowest BCUT2D eigenvalue weighted by molar-refractivity contribution is 0.137. The van der Waals surface area contributed by atoms with Crippen LogP contribution in [-0.4, -0.2) is 19.2 Å². The Balaban J connectivity index is 3.31. The SMILES string of the molecule is CCC(NCCCCCCC(C)(C)C)O[C]=O. The molecule has 0 heterocycles. The van der Waals surface area contributed by atoms with E-state index in [1.165, 1.54) is 32.2 Å². The van der Waals surface area contributed by atoms with Gasteiger partial charge in [-0.05, 0) is 31.2 Å². The molecule has 0 aliphatic carbocycles. The molecule has 1 radical (unpaired) electrons. The first-order valence-electron chi connectivity index (χ1n) is 6.76. The summed E-state index contributed by atoms with van der Waals surface area (Å²) in [5.74, 6) is 0. The minimum Gasteiger partial charge on any atom is -0.438 e. The van der Waals surface area contributed by atoms with Crippen LogP contribution in [0.4, 0.5) is 0 Å². The van der Waals surface area contributed by atoms with Crippen molar-refractivity contribution in [2.75, 3.05) is 6.54 Å². The van der Waals surface area contributed by atoms with Gasteiger partial charge in [-0.15, -0.1) is 0 Å². The van der Waals surface area contributed by atoms with Crippen LogP contribution in [0.25, 0.3) is 0 Å². The van der Waals surface area contributed by atoms with Crippen LogP contribution in [0.1, 0.15) is 66.2 Å². The van der Waals surface area contributed by atoms with Crippen molar-refractivity contribution in [1.82, 2.24) is 5.32 Å². The molecule has 0 saturated heterocycles. The molecular weight excluding hydrogens is 214 g/mol. The summed E-state index contributed by atoms with van der Waals surface area (Å²) in [5, 5.41) is 3.19. The van der Waals surface area contributed by atoms with Crippen LogP contribution in [0.2, 0.25) is 0 Å². The van der Waals surface area contributed by atoms with E-state index in [4.69, 9.17) is 4.74 Å². The molecule has 0 fully saturated rings. The first kappa shape index (κ1) is 16.4. The Kier molecular flexibility index (Phi) is 9.14. The van der Waals surface area contributed by atoms with Gasteiger partial charge in [-0.25, -0.2) is 4.79 Å². The topological polar surface area (TPSA) is 38.3 Å². The summed E-state index contributed by atoms with van der Waals surface area (Å²) in [4.78, 5) is 10.1. The number of hydrogen-bond acceptors (Lipinski definition) is 3. The predicted octanol–water partition coefficient (Wildman–Crippen LogP) is 3.39. The molecule has 3 heteroatoms. The van der Waals surface area contributed by atoms with E-state index in [9.17, 15) is 4.79 Å². The van der Waals surface area contributed by atoms with Gasteiger partial charge in [-0.2, -0.15) is 0 Å². The molecule has 0 amide bonds. The van der Waals surface area contributed by atoms with E-state index in [2.05, 4.69) is 26.1 Å². The van der Waals surface area contributed by atoms with E-state index < -0.39 is 0 Å². The molecular formula is C14H28NO2. The second-order valence-electron chi connectivity index (χ2n) is 5.78. The highest BCUT2D eigenvalue weighted by molar-refractivity contribution is 5.38. The molecule has 0 aromatic carbocycles. The summed E-state index contributed by atoms with van der Waals surface area (Å²) in [7, 11) is 0. The molecule has 0 saturated carbocycles. The zero-order chi connectivity index (χ0) is 13.1. The van der Waals surface area contributed by atoms with Crippen molar-refractivity contribution in [2.24, 2.45) is 5.41 Å². The first-order chi connectivity index (χ1) is 7.99. The molecule has 0 bridgehead atoms. The normalized spacial score (nSPS) is 13.4. The molecule has 1 unspecified atom stereocenters. The molecule has 1 atom stereocenters. The van der Waals surface area contributed by atoms with Gasteiger partial charge < -0.3 is 4.74 Å². The molecule has 0 rings (SSSR count). The third-order valence-electron chi connectivity index (χ3n) is 2.79. The minimum atomic E-state index is -0.165. The lowest BCUT2D eigenvalue weighted by atomic mass is 9.89.